The van der Waals surface area contributed by atoms with Crippen molar-refractivity contribution >= 4 is 15.7 Å². The summed E-state index contributed by atoms with van der Waals surface area (Å²) >= 11 is 0. The van der Waals surface area contributed by atoms with Crippen molar-refractivity contribution < 1.29 is 28.3 Å². The number of morpholine rings is 1. The van der Waals surface area contributed by atoms with Crippen molar-refractivity contribution in [3.63, 3.8) is 0 Å². The van der Waals surface area contributed by atoms with Crippen LogP contribution < -0.4 is 4.90 Å². The summed E-state index contributed by atoms with van der Waals surface area (Å²) in [7, 11) is -3.93. The average Bonchev–Trinajstić information content (AvgIpc) is 2.70. The number of hydrogen-bond acceptors (Lipinski definition) is 5. The summed E-state index contributed by atoms with van der Waals surface area (Å²) in [4.78, 5) is 0.925. The van der Waals surface area contributed by atoms with E-state index in [0.717, 1.165) is 4.90 Å². The standard InChI is InChI=1S/C20H20N2O5S/c23-12-10-22-11-13-27-20(24)17-9-5-4-8-16(17)18(14-19(20)22)21-28(25,26)15-6-2-1-3-7-15/h1-9,14,23-24H,10-13H2/p+1/t20-/m1/s1. The summed E-state index contributed by atoms with van der Waals surface area (Å²) in [6.45, 7) is 1.17. The smallest absolute Gasteiger partial charge is 0.282 e. The van der Waals surface area contributed by atoms with Crippen LogP contribution in [0.2, 0.25) is 0 Å². The van der Waals surface area contributed by atoms with Gasteiger partial charge in [-0.3, -0.25) is 4.90 Å². The van der Waals surface area contributed by atoms with Crippen LogP contribution >= 0.6 is 0 Å². The van der Waals surface area contributed by atoms with E-state index in [1.165, 1.54) is 12.1 Å². The minimum Gasteiger partial charge on any atom is -0.391 e. The summed E-state index contributed by atoms with van der Waals surface area (Å²) in [5.41, 5.74) is 1.64. The minimum absolute atomic E-state index is 0.0702. The van der Waals surface area contributed by atoms with Gasteiger partial charge in [0, 0.05) is 17.2 Å². The van der Waals surface area contributed by atoms with Crippen LogP contribution in [0.3, 0.4) is 0 Å². The van der Waals surface area contributed by atoms with Gasteiger partial charge < -0.3 is 14.9 Å². The van der Waals surface area contributed by atoms with Gasteiger partial charge in [0.15, 0.2) is 5.70 Å². The molecule has 0 amide bonds. The van der Waals surface area contributed by atoms with Crippen LogP contribution in [0, 0.1) is 0 Å². The zero-order chi connectivity index (χ0) is 19.8. The molecular formula is C20H21N2O5S+. The Bertz CT molecular complexity index is 1050. The van der Waals surface area contributed by atoms with Crippen molar-refractivity contribution in [2.75, 3.05) is 26.3 Å². The number of nitrogens with zero attached hydrogens (tertiary/aromatic N) is 1. The molecule has 28 heavy (non-hydrogen) atoms. The lowest BCUT2D eigenvalue weighted by molar-refractivity contribution is -0.882. The molecule has 8 heteroatoms. The SMILES string of the molecule is O=S(=O)(N=C1C=C2[NH+](CCO)CCO[C@]2(O)c2ccccc21)c1ccccc1. The Hall–Kier alpha value is -2.36. The summed E-state index contributed by atoms with van der Waals surface area (Å²) < 4.78 is 35.4. The first-order valence-corrected chi connectivity index (χ1v) is 10.4. The molecule has 3 N–H and O–H groups in total. The maximum Gasteiger partial charge on any atom is 0.282 e. The number of rotatable bonds is 4. The third-order valence-corrected chi connectivity index (χ3v) is 6.29. The molecule has 2 atom stereocenters. The molecule has 146 valence electrons. The van der Waals surface area contributed by atoms with E-state index in [2.05, 4.69) is 4.40 Å². The van der Waals surface area contributed by atoms with E-state index in [1.807, 2.05) is 0 Å². The van der Waals surface area contributed by atoms with Crippen LogP contribution in [0.5, 0.6) is 0 Å². The van der Waals surface area contributed by atoms with Crippen molar-refractivity contribution in [2.45, 2.75) is 10.7 Å². The Balaban J connectivity index is 1.90. The number of quaternary nitrogens is 1. The monoisotopic (exact) mass is 401 g/mol. The predicted molar refractivity (Wildman–Crippen MR) is 102 cm³/mol. The van der Waals surface area contributed by atoms with Gasteiger partial charge in [0.2, 0.25) is 0 Å². The maximum atomic E-state index is 12.8. The lowest BCUT2D eigenvalue weighted by Gasteiger charge is -2.41. The van der Waals surface area contributed by atoms with Gasteiger partial charge >= 0.3 is 0 Å². The largest absolute Gasteiger partial charge is 0.391 e. The summed E-state index contributed by atoms with van der Waals surface area (Å²) in [6.07, 6.45) is 1.56. The van der Waals surface area contributed by atoms with Crippen molar-refractivity contribution in [1.29, 1.82) is 0 Å². The Morgan fingerprint density at radius 3 is 2.57 bits per heavy atom. The van der Waals surface area contributed by atoms with Gasteiger partial charge in [0.05, 0.1) is 17.2 Å². The van der Waals surface area contributed by atoms with Crippen LogP contribution in [0.1, 0.15) is 11.1 Å². The molecule has 1 unspecified atom stereocenters. The fourth-order valence-electron chi connectivity index (χ4n) is 3.66. The number of benzene rings is 2. The topological polar surface area (TPSA) is 101 Å². The molecule has 2 aromatic rings. The first-order valence-electron chi connectivity index (χ1n) is 9.00. The van der Waals surface area contributed by atoms with Crippen molar-refractivity contribution in [1.82, 2.24) is 0 Å². The maximum absolute atomic E-state index is 12.8. The predicted octanol–water partition coefficient (Wildman–Crippen LogP) is -0.185. The number of fused-ring (bicyclic) bond motifs is 3. The molecule has 0 spiro atoms. The third-order valence-electron chi connectivity index (χ3n) is 4.98. The molecular weight excluding hydrogens is 380 g/mol. The first kappa shape index (κ1) is 19.0. The van der Waals surface area contributed by atoms with E-state index >= 15 is 0 Å². The van der Waals surface area contributed by atoms with Gasteiger partial charge in [-0.25, -0.2) is 0 Å². The Labute approximate surface area is 163 Å². The Morgan fingerprint density at radius 1 is 1.11 bits per heavy atom. The first-order chi connectivity index (χ1) is 13.5. The number of allylic oxidation sites excluding steroid dienone is 1. The second kappa shape index (κ2) is 7.23. The van der Waals surface area contributed by atoms with Crippen LogP contribution in [-0.2, 0) is 20.5 Å². The van der Waals surface area contributed by atoms with Gasteiger partial charge in [-0.05, 0) is 12.1 Å². The van der Waals surface area contributed by atoms with Crippen LogP contribution in [0.4, 0.5) is 0 Å². The van der Waals surface area contributed by atoms with Crippen molar-refractivity contribution in [3.05, 3.63) is 77.5 Å². The third kappa shape index (κ3) is 3.19. The molecule has 0 aromatic heterocycles. The van der Waals surface area contributed by atoms with Gasteiger partial charge in [-0.15, -0.1) is 0 Å². The number of aliphatic hydroxyl groups excluding tert-OH is 1. The number of sulfonamides is 1. The number of nitrogens with one attached hydrogen (secondary N) is 1. The molecule has 4 rings (SSSR count). The van der Waals surface area contributed by atoms with Gasteiger partial charge in [0.1, 0.15) is 19.7 Å². The molecule has 0 saturated carbocycles. The van der Waals surface area contributed by atoms with E-state index in [9.17, 15) is 18.6 Å². The summed E-state index contributed by atoms with van der Waals surface area (Å²) in [5, 5.41) is 20.7. The zero-order valence-corrected chi connectivity index (χ0v) is 15.9. The molecule has 1 aliphatic carbocycles. The van der Waals surface area contributed by atoms with E-state index in [-0.39, 0.29) is 17.2 Å². The summed E-state index contributed by atoms with van der Waals surface area (Å²) in [6, 6.07) is 14.9. The lowest BCUT2D eigenvalue weighted by atomic mass is 9.86. The molecule has 1 aliphatic heterocycles. The highest BCUT2D eigenvalue weighted by Crippen LogP contribution is 2.36. The Kier molecular flexibility index (Phi) is 4.90. The highest BCUT2D eigenvalue weighted by molar-refractivity contribution is 7.90. The Morgan fingerprint density at radius 2 is 1.82 bits per heavy atom. The second-order valence-corrected chi connectivity index (χ2v) is 8.29. The highest BCUT2D eigenvalue weighted by atomic mass is 32.2. The lowest BCUT2D eigenvalue weighted by Crippen LogP contribution is -3.14. The van der Waals surface area contributed by atoms with Crippen LogP contribution in [0.15, 0.2) is 75.7 Å². The van der Waals surface area contributed by atoms with Crippen LogP contribution in [0.25, 0.3) is 0 Å². The zero-order valence-electron chi connectivity index (χ0n) is 15.1. The number of hydrogen-bond donors (Lipinski definition) is 3. The van der Waals surface area contributed by atoms with Gasteiger partial charge in [0.25, 0.3) is 15.8 Å². The van der Waals surface area contributed by atoms with Gasteiger partial charge in [-0.1, -0.05) is 42.5 Å². The van der Waals surface area contributed by atoms with E-state index in [0.29, 0.717) is 36.5 Å². The molecule has 1 saturated heterocycles. The molecule has 1 heterocycles. The number of ether oxygens (including phenoxy) is 1. The normalized spacial score (nSPS) is 25.7. The van der Waals surface area contributed by atoms with E-state index in [4.69, 9.17) is 4.74 Å². The fraction of sp³-hybridized carbons (Fsp3) is 0.250. The molecule has 2 aliphatic rings. The van der Waals surface area contributed by atoms with Crippen molar-refractivity contribution in [3.8, 4) is 0 Å². The molecule has 1 fully saturated rings. The highest BCUT2D eigenvalue weighted by Gasteiger charge is 2.49. The molecule has 7 nitrogen and oxygen atoms in total. The van der Waals surface area contributed by atoms with Gasteiger partial charge in [-0.2, -0.15) is 12.8 Å². The van der Waals surface area contributed by atoms with E-state index < -0.39 is 15.8 Å². The van der Waals surface area contributed by atoms with Crippen LogP contribution in [-0.4, -0.2) is 50.6 Å². The molecule has 0 bridgehead atoms. The van der Waals surface area contributed by atoms with Crippen molar-refractivity contribution in [2.24, 2.45) is 4.40 Å². The van der Waals surface area contributed by atoms with E-state index in [1.54, 1.807) is 48.5 Å². The average molecular weight is 401 g/mol. The second-order valence-electron chi connectivity index (χ2n) is 6.69. The minimum atomic E-state index is -3.93. The quantitative estimate of drug-likeness (QED) is 0.660. The number of aliphatic hydroxyl groups is 2. The fourth-order valence-corrected chi connectivity index (χ4v) is 4.67. The molecule has 2 aromatic carbocycles. The molecule has 0 radical (unpaired) electrons. The summed E-state index contributed by atoms with van der Waals surface area (Å²) in [5.74, 6) is -1.67.